The summed E-state index contributed by atoms with van der Waals surface area (Å²) in [6.45, 7) is 1.44. The number of benzene rings is 2. The van der Waals surface area contributed by atoms with Crippen molar-refractivity contribution in [1.29, 1.82) is 0 Å². The summed E-state index contributed by atoms with van der Waals surface area (Å²) in [4.78, 5) is 22.7. The van der Waals surface area contributed by atoms with Gasteiger partial charge in [-0.05, 0) is 42.5 Å². The molecule has 0 atom stereocenters. The lowest BCUT2D eigenvalue weighted by atomic mass is 10.3. The molecule has 0 fully saturated rings. The molecule has 0 aliphatic heterocycles. The van der Waals surface area contributed by atoms with E-state index in [1.807, 2.05) is 0 Å². The second-order valence-electron chi connectivity index (χ2n) is 4.35. The Morgan fingerprint density at radius 3 is 1.95 bits per heavy atom. The Hall–Kier alpha value is -2.24. The van der Waals surface area contributed by atoms with Crippen molar-refractivity contribution >= 4 is 53.0 Å². The summed E-state index contributed by atoms with van der Waals surface area (Å²) < 4.78 is 0. The van der Waals surface area contributed by atoms with Crippen LogP contribution in [0.1, 0.15) is 6.92 Å². The summed E-state index contributed by atoms with van der Waals surface area (Å²) in [5.74, 6) is -0.144. The third-order valence-corrected chi connectivity index (χ3v) is 2.78. The van der Waals surface area contributed by atoms with Crippen molar-refractivity contribution in [3.8, 4) is 0 Å². The Morgan fingerprint density at radius 1 is 0.864 bits per heavy atom. The maximum absolute atomic E-state index is 11.8. The standard InChI is InChI=1S/C15H14ClN3O2.ClH/c1-10(20)17-12-5-7-13(8-6-12)18-15(21)19-14-4-2-3-11(16)9-14;/h2-9H,1H3,(H,17,20)(H2,18,19,21);1H. The SMILES string of the molecule is CC(=O)Nc1ccc(NC(=O)Nc2cccc(Cl)c2)cc1.Cl. The number of urea groups is 1. The zero-order chi connectivity index (χ0) is 15.2. The molecule has 0 spiro atoms. The monoisotopic (exact) mass is 339 g/mol. The fourth-order valence-electron chi connectivity index (χ4n) is 1.70. The lowest BCUT2D eigenvalue weighted by Crippen LogP contribution is -2.19. The van der Waals surface area contributed by atoms with Crippen LogP contribution in [0, 0.1) is 0 Å². The van der Waals surface area contributed by atoms with Crippen molar-refractivity contribution in [3.63, 3.8) is 0 Å². The van der Waals surface area contributed by atoms with Crippen LogP contribution in [0.2, 0.25) is 5.02 Å². The summed E-state index contributed by atoms with van der Waals surface area (Å²) in [5.41, 5.74) is 1.89. The molecule has 0 radical (unpaired) electrons. The first-order valence-corrected chi connectivity index (χ1v) is 6.62. The number of nitrogens with one attached hydrogen (secondary N) is 3. The van der Waals surface area contributed by atoms with Gasteiger partial charge in [0.25, 0.3) is 0 Å². The van der Waals surface area contributed by atoms with Crippen LogP contribution in [0.5, 0.6) is 0 Å². The molecule has 2 aromatic rings. The van der Waals surface area contributed by atoms with Gasteiger partial charge in [-0.2, -0.15) is 0 Å². The molecule has 116 valence electrons. The van der Waals surface area contributed by atoms with Gasteiger partial charge in [0.1, 0.15) is 0 Å². The van der Waals surface area contributed by atoms with Crippen molar-refractivity contribution in [2.75, 3.05) is 16.0 Å². The van der Waals surface area contributed by atoms with E-state index in [0.29, 0.717) is 22.1 Å². The fraction of sp³-hybridized carbons (Fsp3) is 0.0667. The molecule has 0 aliphatic rings. The highest BCUT2D eigenvalue weighted by molar-refractivity contribution is 6.30. The van der Waals surface area contributed by atoms with Crippen LogP contribution < -0.4 is 16.0 Å². The minimum Gasteiger partial charge on any atom is -0.326 e. The lowest BCUT2D eigenvalue weighted by molar-refractivity contribution is -0.114. The largest absolute Gasteiger partial charge is 0.326 e. The van der Waals surface area contributed by atoms with Crippen LogP contribution in [-0.4, -0.2) is 11.9 Å². The molecule has 0 saturated heterocycles. The Morgan fingerprint density at radius 2 is 1.41 bits per heavy atom. The van der Waals surface area contributed by atoms with E-state index in [2.05, 4.69) is 16.0 Å². The van der Waals surface area contributed by atoms with Crippen LogP contribution in [0.3, 0.4) is 0 Å². The van der Waals surface area contributed by atoms with Crippen molar-refractivity contribution in [2.45, 2.75) is 6.92 Å². The number of amides is 3. The number of carbonyl (C=O) groups excluding carboxylic acids is 2. The van der Waals surface area contributed by atoms with Gasteiger partial charge in [-0.3, -0.25) is 4.79 Å². The molecule has 0 saturated carbocycles. The van der Waals surface area contributed by atoms with Gasteiger partial charge in [0, 0.05) is 29.0 Å². The van der Waals surface area contributed by atoms with E-state index in [1.165, 1.54) is 6.92 Å². The summed E-state index contributed by atoms with van der Waals surface area (Å²) in [5, 5.41) is 8.56. The Bertz CT molecular complexity index is 660. The zero-order valence-corrected chi connectivity index (χ0v) is 13.3. The number of anilines is 3. The normalized spacial score (nSPS) is 9.36. The first-order chi connectivity index (χ1) is 10.0. The van der Waals surface area contributed by atoms with Crippen LogP contribution >= 0.6 is 24.0 Å². The second kappa shape index (κ2) is 8.26. The van der Waals surface area contributed by atoms with E-state index in [4.69, 9.17) is 11.6 Å². The van der Waals surface area contributed by atoms with Crippen molar-refractivity contribution in [1.82, 2.24) is 0 Å². The van der Waals surface area contributed by atoms with E-state index in [0.717, 1.165) is 0 Å². The quantitative estimate of drug-likeness (QED) is 0.777. The molecule has 2 aromatic carbocycles. The van der Waals surface area contributed by atoms with E-state index >= 15 is 0 Å². The van der Waals surface area contributed by atoms with E-state index in [9.17, 15) is 9.59 Å². The summed E-state index contributed by atoms with van der Waals surface area (Å²) in [6.07, 6.45) is 0. The maximum atomic E-state index is 11.8. The van der Waals surface area contributed by atoms with Crippen LogP contribution in [0.4, 0.5) is 21.9 Å². The number of hydrogen-bond donors (Lipinski definition) is 3. The lowest BCUT2D eigenvalue weighted by Gasteiger charge is -2.09. The molecule has 0 aliphatic carbocycles. The predicted octanol–water partition coefficient (Wildman–Crippen LogP) is 4.36. The Balaban J connectivity index is 0.00000242. The van der Waals surface area contributed by atoms with Gasteiger partial charge >= 0.3 is 6.03 Å². The smallest absolute Gasteiger partial charge is 0.323 e. The molecule has 3 amide bonds. The highest BCUT2D eigenvalue weighted by atomic mass is 35.5. The first kappa shape index (κ1) is 17.8. The molecule has 0 heterocycles. The molecule has 22 heavy (non-hydrogen) atoms. The average molecular weight is 340 g/mol. The molecular formula is C15H15Cl2N3O2. The van der Waals surface area contributed by atoms with Gasteiger partial charge < -0.3 is 16.0 Å². The summed E-state index contributed by atoms with van der Waals surface area (Å²) >= 11 is 5.84. The Kier molecular flexibility index (Phi) is 6.69. The molecule has 2 rings (SSSR count). The molecule has 7 heteroatoms. The minimum atomic E-state index is -0.371. The maximum Gasteiger partial charge on any atom is 0.323 e. The number of hydrogen-bond acceptors (Lipinski definition) is 2. The summed E-state index contributed by atoms with van der Waals surface area (Å²) in [6, 6.07) is 13.3. The summed E-state index contributed by atoms with van der Waals surface area (Å²) in [7, 11) is 0. The van der Waals surface area contributed by atoms with E-state index in [1.54, 1.807) is 48.5 Å². The zero-order valence-electron chi connectivity index (χ0n) is 11.7. The molecular weight excluding hydrogens is 325 g/mol. The third kappa shape index (κ3) is 5.63. The topological polar surface area (TPSA) is 70.2 Å². The van der Waals surface area contributed by atoms with Gasteiger partial charge in [0.15, 0.2) is 0 Å². The van der Waals surface area contributed by atoms with E-state index < -0.39 is 0 Å². The highest BCUT2D eigenvalue weighted by Crippen LogP contribution is 2.16. The third-order valence-electron chi connectivity index (χ3n) is 2.55. The van der Waals surface area contributed by atoms with Crippen molar-refractivity contribution in [2.24, 2.45) is 0 Å². The van der Waals surface area contributed by atoms with Gasteiger partial charge in [0.05, 0.1) is 0 Å². The van der Waals surface area contributed by atoms with Crippen molar-refractivity contribution in [3.05, 3.63) is 53.6 Å². The van der Waals surface area contributed by atoms with Crippen LogP contribution in [0.25, 0.3) is 0 Å². The Labute approximate surface area is 139 Å². The average Bonchev–Trinajstić information content (AvgIpc) is 2.40. The molecule has 0 aromatic heterocycles. The number of carbonyl (C=O) groups is 2. The number of rotatable bonds is 3. The van der Waals surface area contributed by atoms with Crippen molar-refractivity contribution < 1.29 is 9.59 Å². The van der Waals surface area contributed by atoms with E-state index in [-0.39, 0.29) is 24.3 Å². The molecule has 3 N–H and O–H groups in total. The van der Waals surface area contributed by atoms with Gasteiger partial charge in [-0.1, -0.05) is 17.7 Å². The molecule has 0 unspecified atom stereocenters. The molecule has 0 bridgehead atoms. The minimum absolute atomic E-state index is 0. The van der Waals surface area contributed by atoms with Gasteiger partial charge in [0.2, 0.25) is 5.91 Å². The predicted molar refractivity (Wildman–Crippen MR) is 92.1 cm³/mol. The highest BCUT2D eigenvalue weighted by Gasteiger charge is 2.03. The fourth-order valence-corrected chi connectivity index (χ4v) is 1.89. The van der Waals surface area contributed by atoms with Gasteiger partial charge in [-0.15, -0.1) is 12.4 Å². The van der Waals surface area contributed by atoms with Crippen LogP contribution in [0.15, 0.2) is 48.5 Å². The van der Waals surface area contributed by atoms with Gasteiger partial charge in [-0.25, -0.2) is 4.79 Å². The molecule has 5 nitrogen and oxygen atoms in total. The number of halogens is 2. The second-order valence-corrected chi connectivity index (χ2v) is 4.78. The first-order valence-electron chi connectivity index (χ1n) is 6.24. The van der Waals surface area contributed by atoms with Crippen LogP contribution in [-0.2, 0) is 4.79 Å².